The number of ether oxygens (including phenoxy) is 2. The molecule has 7 heteroatoms. The van der Waals surface area contributed by atoms with E-state index in [1.165, 1.54) is 6.07 Å². The topological polar surface area (TPSA) is 89.6 Å². The zero-order valence-corrected chi connectivity index (χ0v) is 16.2. The summed E-state index contributed by atoms with van der Waals surface area (Å²) in [7, 11) is 3.16. The molecular formula is C21H25N3O4. The van der Waals surface area contributed by atoms with Gasteiger partial charge in [-0.25, -0.2) is 4.98 Å². The second-order valence-corrected chi connectivity index (χ2v) is 6.70. The molecular weight excluding hydrogens is 358 g/mol. The maximum Gasteiger partial charge on any atom is 0.269 e. The Labute approximate surface area is 164 Å². The fraction of sp³-hybridized carbons (Fsp3) is 0.381. The van der Waals surface area contributed by atoms with Crippen molar-refractivity contribution in [2.75, 3.05) is 27.4 Å². The maximum atomic E-state index is 12.7. The number of nitrogens with one attached hydrogen (secondary N) is 2. The van der Waals surface area contributed by atoms with Gasteiger partial charge in [0.15, 0.2) is 0 Å². The number of methoxy groups -OCH3 is 1. The number of hydrogen-bond acceptors (Lipinski definition) is 5. The molecule has 0 radical (unpaired) electrons. The summed E-state index contributed by atoms with van der Waals surface area (Å²) in [6, 6.07) is 11.0. The first-order valence-electron chi connectivity index (χ1n) is 9.33. The van der Waals surface area contributed by atoms with Gasteiger partial charge in [0.25, 0.3) is 11.8 Å². The Morgan fingerprint density at radius 3 is 2.68 bits per heavy atom. The zero-order valence-electron chi connectivity index (χ0n) is 16.2. The summed E-state index contributed by atoms with van der Waals surface area (Å²) in [6.45, 7) is 1.29. The Kier molecular flexibility index (Phi) is 6.60. The predicted molar refractivity (Wildman–Crippen MR) is 105 cm³/mol. The zero-order chi connectivity index (χ0) is 19.9. The summed E-state index contributed by atoms with van der Waals surface area (Å²) in [4.78, 5) is 29.3. The first kappa shape index (κ1) is 19.8. The first-order chi connectivity index (χ1) is 13.6. The molecule has 2 N–H and O–H groups in total. The normalized spacial score (nSPS) is 14.4. The van der Waals surface area contributed by atoms with Crippen LogP contribution in [-0.4, -0.2) is 50.2 Å². The number of carbonyl (C=O) groups excluding carboxylic acids is 2. The minimum atomic E-state index is -0.326. The van der Waals surface area contributed by atoms with Gasteiger partial charge < -0.3 is 20.1 Å². The molecule has 1 aliphatic heterocycles. The molecule has 28 heavy (non-hydrogen) atoms. The van der Waals surface area contributed by atoms with Crippen molar-refractivity contribution >= 4 is 11.8 Å². The second-order valence-electron chi connectivity index (χ2n) is 6.70. The third-order valence-corrected chi connectivity index (χ3v) is 4.68. The summed E-state index contributed by atoms with van der Waals surface area (Å²) >= 11 is 0. The van der Waals surface area contributed by atoms with Crippen molar-refractivity contribution in [2.45, 2.75) is 25.3 Å². The van der Waals surface area contributed by atoms with Crippen LogP contribution in [0.3, 0.4) is 0 Å². The number of amides is 2. The van der Waals surface area contributed by atoms with Crippen LogP contribution < -0.4 is 15.4 Å². The van der Waals surface area contributed by atoms with Crippen molar-refractivity contribution in [3.05, 3.63) is 58.9 Å². The van der Waals surface area contributed by atoms with Crippen LogP contribution in [0, 0.1) is 0 Å². The average Bonchev–Trinajstić information content (AvgIpc) is 2.73. The van der Waals surface area contributed by atoms with Gasteiger partial charge in [-0.2, -0.15) is 0 Å². The number of nitrogens with zero attached hydrogens (tertiary/aromatic N) is 1. The number of carbonyl (C=O) groups is 2. The lowest BCUT2D eigenvalue weighted by Gasteiger charge is -2.23. The predicted octanol–water partition coefficient (Wildman–Crippen LogP) is 1.95. The largest absolute Gasteiger partial charge is 0.497 e. The van der Waals surface area contributed by atoms with Crippen LogP contribution in [0.25, 0.3) is 0 Å². The summed E-state index contributed by atoms with van der Waals surface area (Å²) < 4.78 is 10.6. The summed E-state index contributed by atoms with van der Waals surface area (Å²) in [5.41, 5.74) is 2.28. The lowest BCUT2D eigenvalue weighted by Crippen LogP contribution is -2.39. The minimum Gasteiger partial charge on any atom is -0.497 e. The van der Waals surface area contributed by atoms with Crippen LogP contribution in [0.15, 0.2) is 36.4 Å². The fourth-order valence-corrected chi connectivity index (χ4v) is 3.16. The van der Waals surface area contributed by atoms with Crippen molar-refractivity contribution in [2.24, 2.45) is 0 Å². The molecule has 2 heterocycles. The quantitative estimate of drug-likeness (QED) is 0.796. The highest BCUT2D eigenvalue weighted by Crippen LogP contribution is 2.17. The van der Waals surface area contributed by atoms with Crippen molar-refractivity contribution in [3.63, 3.8) is 0 Å². The van der Waals surface area contributed by atoms with Crippen LogP contribution >= 0.6 is 0 Å². The molecule has 1 aromatic heterocycles. The molecule has 1 aliphatic rings. The molecule has 2 aromatic rings. The Morgan fingerprint density at radius 2 is 1.96 bits per heavy atom. The lowest BCUT2D eigenvalue weighted by molar-refractivity contribution is 0.0696. The van der Waals surface area contributed by atoms with Crippen molar-refractivity contribution in [1.82, 2.24) is 15.6 Å². The highest BCUT2D eigenvalue weighted by atomic mass is 16.5. The van der Waals surface area contributed by atoms with Crippen LogP contribution in [-0.2, 0) is 11.2 Å². The molecule has 2 amide bonds. The standard InChI is InChI=1S/C21H25N3O4/c1-22-21(26)19-13-15(20(25)24-16-6-8-28-9-7-16)12-17(23-19)10-14-4-3-5-18(11-14)27-2/h3-5,11-13,16H,6-10H2,1-2H3,(H,22,26)(H,24,25). The molecule has 0 bridgehead atoms. The molecule has 0 aliphatic carbocycles. The average molecular weight is 383 g/mol. The molecule has 7 nitrogen and oxygen atoms in total. The van der Waals surface area contributed by atoms with Gasteiger partial charge in [0, 0.05) is 44.0 Å². The molecule has 1 aromatic carbocycles. The van der Waals surface area contributed by atoms with E-state index >= 15 is 0 Å². The van der Waals surface area contributed by atoms with Gasteiger partial charge >= 0.3 is 0 Å². The summed E-state index contributed by atoms with van der Waals surface area (Å²) in [6.07, 6.45) is 2.06. The van der Waals surface area contributed by atoms with Gasteiger partial charge in [0.1, 0.15) is 11.4 Å². The fourth-order valence-electron chi connectivity index (χ4n) is 3.16. The van der Waals surface area contributed by atoms with Crippen molar-refractivity contribution in [1.29, 1.82) is 0 Å². The minimum absolute atomic E-state index is 0.0831. The molecule has 0 spiro atoms. The number of hydrogen-bond donors (Lipinski definition) is 2. The molecule has 1 fully saturated rings. The SMILES string of the molecule is CNC(=O)c1cc(C(=O)NC2CCOCC2)cc(Cc2cccc(OC)c2)n1. The van der Waals surface area contributed by atoms with E-state index in [0.29, 0.717) is 30.9 Å². The molecule has 0 saturated carbocycles. The molecule has 0 atom stereocenters. The van der Waals surface area contributed by atoms with E-state index < -0.39 is 0 Å². The van der Waals surface area contributed by atoms with Crippen molar-refractivity contribution < 1.29 is 19.1 Å². The first-order valence-corrected chi connectivity index (χ1v) is 9.33. The molecule has 3 rings (SSSR count). The van der Waals surface area contributed by atoms with Crippen LogP contribution in [0.5, 0.6) is 5.75 Å². The highest BCUT2D eigenvalue weighted by molar-refractivity contribution is 5.98. The van der Waals surface area contributed by atoms with E-state index in [-0.39, 0.29) is 23.6 Å². The van der Waals surface area contributed by atoms with E-state index in [9.17, 15) is 9.59 Å². The van der Waals surface area contributed by atoms with Gasteiger partial charge in [0.05, 0.1) is 7.11 Å². The highest BCUT2D eigenvalue weighted by Gasteiger charge is 2.19. The number of rotatable bonds is 6. The van der Waals surface area contributed by atoms with E-state index in [2.05, 4.69) is 15.6 Å². The molecule has 148 valence electrons. The summed E-state index contributed by atoms with van der Waals surface area (Å²) in [5, 5.41) is 5.60. The Hall–Kier alpha value is -2.93. The van der Waals surface area contributed by atoms with Crippen LogP contribution in [0.1, 0.15) is 44.9 Å². The second kappa shape index (κ2) is 9.32. The maximum absolute atomic E-state index is 12.7. The smallest absolute Gasteiger partial charge is 0.269 e. The Balaban J connectivity index is 1.85. The Morgan fingerprint density at radius 1 is 1.18 bits per heavy atom. The third kappa shape index (κ3) is 5.07. The van der Waals surface area contributed by atoms with E-state index in [4.69, 9.17) is 9.47 Å². The van der Waals surface area contributed by atoms with Gasteiger partial charge in [-0.3, -0.25) is 9.59 Å². The van der Waals surface area contributed by atoms with Crippen molar-refractivity contribution in [3.8, 4) is 5.75 Å². The van der Waals surface area contributed by atoms with Crippen LogP contribution in [0.2, 0.25) is 0 Å². The molecule has 1 saturated heterocycles. The third-order valence-electron chi connectivity index (χ3n) is 4.68. The van der Waals surface area contributed by atoms with Gasteiger partial charge in [-0.05, 0) is 42.7 Å². The van der Waals surface area contributed by atoms with E-state index in [0.717, 1.165) is 24.2 Å². The van der Waals surface area contributed by atoms with Crippen LogP contribution in [0.4, 0.5) is 0 Å². The number of benzene rings is 1. The summed E-state index contributed by atoms with van der Waals surface area (Å²) in [5.74, 6) is 0.219. The Bertz CT molecular complexity index is 847. The molecule has 0 unspecified atom stereocenters. The number of aromatic nitrogens is 1. The van der Waals surface area contributed by atoms with Gasteiger partial charge in [-0.15, -0.1) is 0 Å². The van der Waals surface area contributed by atoms with Gasteiger partial charge in [-0.1, -0.05) is 12.1 Å². The van der Waals surface area contributed by atoms with E-state index in [1.807, 2.05) is 24.3 Å². The van der Waals surface area contributed by atoms with E-state index in [1.54, 1.807) is 20.2 Å². The monoisotopic (exact) mass is 383 g/mol. The number of pyridine rings is 1. The lowest BCUT2D eigenvalue weighted by atomic mass is 10.0. The van der Waals surface area contributed by atoms with Gasteiger partial charge in [0.2, 0.25) is 0 Å².